The molecule has 2 aliphatic rings. The number of allylic oxidation sites excluding steroid dienone is 5. The Bertz CT molecular complexity index is 5660. The van der Waals surface area contributed by atoms with Crippen LogP contribution >= 0.6 is 57.1 Å². The van der Waals surface area contributed by atoms with Crippen molar-refractivity contribution in [2.75, 3.05) is 0 Å². The average molecular weight is 1860 g/mol. The van der Waals surface area contributed by atoms with Gasteiger partial charge < -0.3 is 9.13 Å². The topological polar surface area (TPSA) is 107 Å². The number of halogens is 2. The summed E-state index contributed by atoms with van der Waals surface area (Å²) < 4.78 is 55.3. The van der Waals surface area contributed by atoms with Crippen LogP contribution in [0.15, 0.2) is 59.1 Å². The van der Waals surface area contributed by atoms with Crippen molar-refractivity contribution in [3.05, 3.63) is 148 Å². The maximum atomic E-state index is 15.7. The van der Waals surface area contributed by atoms with E-state index >= 15 is 18.4 Å². The summed E-state index contributed by atoms with van der Waals surface area (Å²) in [7, 11) is 0. The predicted molar refractivity (Wildman–Crippen MR) is 563 cm³/mol. The van der Waals surface area contributed by atoms with Crippen molar-refractivity contribution in [3.8, 4) is 6.07 Å². The monoisotopic (exact) mass is 1860 g/mol. The maximum Gasteiger partial charge on any atom is 0.528 e. The van der Waals surface area contributed by atoms with Crippen molar-refractivity contribution in [1.29, 1.82) is 5.26 Å². The summed E-state index contributed by atoms with van der Waals surface area (Å²) in [5.41, 5.74) is 11.3. The molecule has 0 amide bonds. The molecule has 131 heavy (non-hydrogen) atoms. The molecule has 704 valence electrons. The van der Waals surface area contributed by atoms with E-state index in [-0.39, 0.29) is 39.6 Å². The number of carbonyl (C=O) groups excluding carboxylic acids is 2. The molecular formula is C114H152F2N8O2S5. The number of Topliss-reactive ketones (excluding diaryl/α,β-unsaturated/α-hetero) is 2. The second-order valence-corrected chi connectivity index (χ2v) is 43.4. The highest BCUT2D eigenvalue weighted by molar-refractivity contribution is 7.34. The van der Waals surface area contributed by atoms with Gasteiger partial charge >= 0.3 is 5.82 Å². The average Bonchev–Trinajstić information content (AvgIpc) is 1.50. The molecule has 0 N–H and O–H groups in total. The number of nitrogens with zero attached hydrogens (tertiary/aromatic N) is 8. The van der Waals surface area contributed by atoms with Crippen LogP contribution in [0.2, 0.25) is 0 Å². The Morgan fingerprint density at radius 1 is 0.382 bits per heavy atom. The standard InChI is InChI=1S/C114H152F2N8O2S5/c1-10-16-22-28-34-40-44-48-54-60-68-81(66-58-52-46-38-32-26-20-14-5)79-123-102-98(110-104(123)112-108(129-110)85(72-62-56-50-42-36-30-24-18-12-3)94(127-112)76-89-96(93(78-117)118-7)83-70-64-65-71-84(83)106(89)125)100-101(122-131-121-100)99-103(102)124(80-82(67-59-53-47-39-33-27-21-15-6)69-61-55-49-45-41-35-29-23-17-11-2)105-111(99)130-109-86(73-63-57-51-43-37-31-25-19-13-4)95(128-113(105)109)77-90-97(114(119-8)120-9)87-74-91(115)92(116)75-88(87)107(90)126/h64-65,70-71,74-77,81-82H,10-63,66-69,72-73,79-80H2,1-6H3/b89-76-,90-77-,96-93-. The van der Waals surface area contributed by atoms with Gasteiger partial charge in [0.1, 0.15) is 24.2 Å². The number of hydrogen-bond donors (Lipinski definition) is 0. The molecule has 12 rings (SSSR count). The number of unbranched alkanes of at least 4 members (excludes halogenated alkanes) is 48. The number of benzene rings is 3. The van der Waals surface area contributed by atoms with Gasteiger partial charge in [-0.3, -0.25) is 9.59 Å². The first-order valence-corrected chi connectivity index (χ1v) is 56.6. The van der Waals surface area contributed by atoms with E-state index in [4.69, 9.17) is 28.5 Å². The number of ketones is 2. The molecule has 10 aromatic rings. The fourth-order valence-electron chi connectivity index (χ4n) is 21.4. The van der Waals surface area contributed by atoms with Crippen molar-refractivity contribution in [3.63, 3.8) is 0 Å². The van der Waals surface area contributed by atoms with Crippen LogP contribution in [-0.4, -0.2) is 29.4 Å². The molecule has 2 unspecified atom stereocenters. The van der Waals surface area contributed by atoms with E-state index in [1.807, 2.05) is 64.4 Å². The normalized spacial score (nSPS) is 14.4. The van der Waals surface area contributed by atoms with E-state index < -0.39 is 17.4 Å². The minimum absolute atomic E-state index is 0.0345. The quantitative estimate of drug-likeness (QED) is 0.0163. The first kappa shape index (κ1) is 102. The molecule has 0 saturated carbocycles. The molecule has 7 heterocycles. The summed E-state index contributed by atoms with van der Waals surface area (Å²) >= 11 is 8.62. The van der Waals surface area contributed by atoms with Crippen LogP contribution in [0, 0.1) is 54.5 Å². The van der Waals surface area contributed by atoms with Gasteiger partial charge in [-0.25, -0.2) is 18.9 Å². The van der Waals surface area contributed by atoms with Gasteiger partial charge in [-0.15, -0.1) is 45.3 Å². The number of thiophene rings is 4. The zero-order chi connectivity index (χ0) is 92.1. The third-order valence-electron chi connectivity index (χ3n) is 28.7. The number of hydrogen-bond acceptors (Lipinski definition) is 10. The number of rotatable bonds is 66. The molecule has 3 aromatic carbocycles. The second kappa shape index (κ2) is 54.9. The summed E-state index contributed by atoms with van der Waals surface area (Å²) in [6.45, 7) is 40.6. The van der Waals surface area contributed by atoms with Crippen molar-refractivity contribution < 1.29 is 18.4 Å². The van der Waals surface area contributed by atoms with E-state index in [2.05, 4.69) is 77.4 Å². The van der Waals surface area contributed by atoms with E-state index in [1.54, 1.807) is 11.3 Å². The third kappa shape index (κ3) is 26.4. The molecule has 0 radical (unpaired) electrons. The van der Waals surface area contributed by atoms with Gasteiger partial charge in [0.25, 0.3) is 5.70 Å². The maximum absolute atomic E-state index is 15.7. The lowest BCUT2D eigenvalue weighted by molar-refractivity contribution is 0.103. The molecular weight excluding hydrogens is 1710 g/mol. The molecule has 17 heteroatoms. The molecule has 0 bridgehead atoms. The summed E-state index contributed by atoms with van der Waals surface area (Å²) in [6.07, 6.45) is 76.9. The molecule has 0 saturated heterocycles. The highest BCUT2D eigenvalue weighted by Gasteiger charge is 2.40. The number of nitriles is 1. The van der Waals surface area contributed by atoms with Crippen molar-refractivity contribution in [2.45, 2.75) is 440 Å². The lowest BCUT2D eigenvalue weighted by Gasteiger charge is -2.22. The van der Waals surface area contributed by atoms with Crippen LogP contribution < -0.4 is 0 Å². The number of aromatic nitrogens is 4. The van der Waals surface area contributed by atoms with Crippen molar-refractivity contribution >= 4 is 164 Å². The molecule has 2 atom stereocenters. The van der Waals surface area contributed by atoms with Gasteiger partial charge in [0.2, 0.25) is 0 Å². The highest BCUT2D eigenvalue weighted by Crippen LogP contribution is 2.57. The Labute approximate surface area is 805 Å². The zero-order valence-corrected chi connectivity index (χ0v) is 84.9. The van der Waals surface area contributed by atoms with E-state index in [0.29, 0.717) is 34.1 Å². The summed E-state index contributed by atoms with van der Waals surface area (Å²) in [5.74, 6) is -2.57. The Hall–Kier alpha value is -7.48. The minimum atomic E-state index is -1.14. The van der Waals surface area contributed by atoms with Gasteiger partial charge in [-0.1, -0.05) is 400 Å². The molecule has 0 spiro atoms. The number of carbonyl (C=O) groups is 2. The van der Waals surface area contributed by atoms with Crippen LogP contribution in [0.5, 0.6) is 0 Å². The van der Waals surface area contributed by atoms with Crippen LogP contribution in [-0.2, 0) is 25.9 Å². The third-order valence-corrected chi connectivity index (χ3v) is 34.4. The highest BCUT2D eigenvalue weighted by atomic mass is 32.1. The Morgan fingerprint density at radius 3 is 1.03 bits per heavy atom. The fourth-order valence-corrected chi connectivity index (χ4v) is 27.8. The van der Waals surface area contributed by atoms with Gasteiger partial charge in [-0.05, 0) is 110 Å². The Balaban J connectivity index is 1.13. The first-order valence-electron chi connectivity index (χ1n) is 52.6. The van der Waals surface area contributed by atoms with Gasteiger partial charge in [0.05, 0.1) is 80.2 Å². The smallest absolute Gasteiger partial charge is 0.337 e. The summed E-state index contributed by atoms with van der Waals surface area (Å²) in [5, 5.41) is 13.1. The van der Waals surface area contributed by atoms with Crippen LogP contribution in [0.4, 0.5) is 8.78 Å². The summed E-state index contributed by atoms with van der Waals surface area (Å²) in [4.78, 5) is 43.6. The van der Waals surface area contributed by atoms with Crippen LogP contribution in [0.25, 0.3) is 110 Å². The van der Waals surface area contributed by atoms with Crippen LogP contribution in [0.3, 0.4) is 0 Å². The lowest BCUT2D eigenvalue weighted by Crippen LogP contribution is -2.14. The zero-order valence-electron chi connectivity index (χ0n) is 80.8. The van der Waals surface area contributed by atoms with E-state index in [1.165, 1.54) is 364 Å². The van der Waals surface area contributed by atoms with Gasteiger partial charge in [0, 0.05) is 61.5 Å². The SMILES string of the molecule is [C-]#[N+]C([N+]#[C-])=C1/C(=C/c2sc3c(sc4c5c6nsnc6c6c7sc8c(CCCCCCCCCCC)c(/C=C9\C(=O)c%10ccccc%10\C9=C(/C#N)[N+]#[C-])sc8c7n(CC(CCCCCCCCCC)CCCCCCCCCCCC)c6c5n(CC(CCCCCCCCCC)CCCCCCCCCCCC)c34)c2CCCCCCCCCCC)C(=O)c2cc(F)c(F)cc21. The van der Waals surface area contributed by atoms with Gasteiger partial charge in [-0.2, -0.15) is 18.4 Å². The first-order chi connectivity index (χ1) is 64.4. The largest absolute Gasteiger partial charge is 0.528 e. The fraction of sp³-hybridized carbons (Fsp3) is 0.614. The Morgan fingerprint density at radius 2 is 0.695 bits per heavy atom. The van der Waals surface area contributed by atoms with Crippen molar-refractivity contribution in [1.82, 2.24) is 17.9 Å². The second-order valence-electron chi connectivity index (χ2n) is 38.8. The molecule has 0 fully saturated rings. The minimum Gasteiger partial charge on any atom is -0.337 e. The Kier molecular flexibility index (Phi) is 42.9. The molecule has 7 aromatic heterocycles. The lowest BCUT2D eigenvalue weighted by atomic mass is 9.93. The molecule has 10 nitrogen and oxygen atoms in total. The van der Waals surface area contributed by atoms with Gasteiger partial charge in [0.15, 0.2) is 23.2 Å². The molecule has 0 aliphatic heterocycles. The van der Waals surface area contributed by atoms with E-state index in [0.717, 1.165) is 152 Å². The van der Waals surface area contributed by atoms with Crippen molar-refractivity contribution in [2.24, 2.45) is 11.8 Å². The predicted octanol–water partition coefficient (Wildman–Crippen LogP) is 39.0. The summed E-state index contributed by atoms with van der Waals surface area (Å²) in [6, 6.07) is 11.7. The number of fused-ring (bicyclic) bond motifs is 16. The van der Waals surface area contributed by atoms with Crippen LogP contribution in [0.1, 0.15) is 467 Å². The van der Waals surface area contributed by atoms with E-state index in [9.17, 15) is 5.26 Å². The number of aryl methyl sites for hydroxylation is 2. The molecule has 2 aliphatic carbocycles.